The predicted octanol–water partition coefficient (Wildman–Crippen LogP) is 2.59. The Morgan fingerprint density at radius 2 is 2.20 bits per heavy atom. The zero-order chi connectivity index (χ0) is 14.5. The molecule has 2 rings (SSSR count). The summed E-state index contributed by atoms with van der Waals surface area (Å²) in [6, 6.07) is 4.93. The van der Waals surface area contributed by atoms with Gasteiger partial charge in [0.1, 0.15) is 0 Å². The molecule has 0 radical (unpaired) electrons. The van der Waals surface area contributed by atoms with Crippen molar-refractivity contribution in [2.45, 2.75) is 38.7 Å². The number of amides is 1. The summed E-state index contributed by atoms with van der Waals surface area (Å²) in [4.78, 5) is 23.2. The van der Waals surface area contributed by atoms with Crippen LogP contribution in [0.4, 0.5) is 5.69 Å². The minimum absolute atomic E-state index is 0.0546. The minimum atomic E-state index is -1.04. The fourth-order valence-electron chi connectivity index (χ4n) is 2.38. The number of aryl methyl sites for hydroxylation is 1. The van der Waals surface area contributed by atoms with E-state index in [0.29, 0.717) is 12.3 Å². The van der Waals surface area contributed by atoms with Gasteiger partial charge in [-0.25, -0.2) is 4.79 Å². The Kier molecular flexibility index (Phi) is 4.74. The summed E-state index contributed by atoms with van der Waals surface area (Å²) >= 11 is 0. The number of benzene rings is 1. The van der Waals surface area contributed by atoms with Crippen LogP contribution in [0.15, 0.2) is 18.2 Å². The van der Waals surface area contributed by atoms with Crippen molar-refractivity contribution in [2.24, 2.45) is 0 Å². The van der Waals surface area contributed by atoms with E-state index in [1.807, 2.05) is 0 Å². The van der Waals surface area contributed by atoms with Gasteiger partial charge in [-0.15, -0.1) is 0 Å². The Morgan fingerprint density at radius 3 is 2.85 bits per heavy atom. The number of carbonyl (C=O) groups is 2. The molecule has 1 aromatic rings. The molecule has 0 aliphatic carbocycles. The van der Waals surface area contributed by atoms with Crippen LogP contribution in [-0.2, 0) is 9.53 Å². The summed E-state index contributed by atoms with van der Waals surface area (Å²) in [6.45, 7) is 2.47. The molecular formula is C15H19NO4. The Balaban J connectivity index is 2.05. The number of para-hydroxylation sites is 1. The molecule has 1 fully saturated rings. The number of carboxylic acids is 1. The molecule has 1 atom stereocenters. The molecule has 1 amide bonds. The van der Waals surface area contributed by atoms with Crippen molar-refractivity contribution in [3.63, 3.8) is 0 Å². The largest absolute Gasteiger partial charge is 0.478 e. The van der Waals surface area contributed by atoms with Crippen LogP contribution >= 0.6 is 0 Å². The first-order valence-electron chi connectivity index (χ1n) is 6.82. The van der Waals surface area contributed by atoms with Crippen LogP contribution < -0.4 is 5.32 Å². The van der Waals surface area contributed by atoms with Crippen LogP contribution in [0.25, 0.3) is 0 Å². The number of carbonyl (C=O) groups excluding carboxylic acids is 1. The number of hydrogen-bond acceptors (Lipinski definition) is 3. The van der Waals surface area contributed by atoms with E-state index < -0.39 is 5.97 Å². The molecule has 0 saturated carbocycles. The Labute approximate surface area is 117 Å². The summed E-state index contributed by atoms with van der Waals surface area (Å²) < 4.78 is 5.52. The third-order valence-corrected chi connectivity index (χ3v) is 3.45. The second-order valence-electron chi connectivity index (χ2n) is 5.04. The van der Waals surface area contributed by atoms with Crippen molar-refractivity contribution in [2.75, 3.05) is 11.9 Å². The monoisotopic (exact) mass is 277 g/mol. The van der Waals surface area contributed by atoms with Gasteiger partial charge in [-0.1, -0.05) is 12.1 Å². The van der Waals surface area contributed by atoms with E-state index in [-0.39, 0.29) is 24.0 Å². The van der Waals surface area contributed by atoms with Crippen LogP contribution in [-0.4, -0.2) is 29.7 Å². The number of hydrogen-bond donors (Lipinski definition) is 2. The maximum Gasteiger partial charge on any atom is 0.337 e. The third kappa shape index (κ3) is 3.57. The molecule has 1 heterocycles. The molecule has 5 nitrogen and oxygen atoms in total. The van der Waals surface area contributed by atoms with Gasteiger partial charge >= 0.3 is 5.97 Å². The van der Waals surface area contributed by atoms with E-state index in [1.165, 1.54) is 6.07 Å². The van der Waals surface area contributed by atoms with Crippen LogP contribution in [0.2, 0.25) is 0 Å². The quantitative estimate of drug-likeness (QED) is 0.887. The summed E-state index contributed by atoms with van der Waals surface area (Å²) in [5.41, 5.74) is 1.23. The summed E-state index contributed by atoms with van der Waals surface area (Å²) in [6.07, 6.45) is 3.21. The Bertz CT molecular complexity index is 507. The summed E-state index contributed by atoms with van der Waals surface area (Å²) in [5.74, 6) is -1.24. The average Bonchev–Trinajstić information content (AvgIpc) is 2.42. The van der Waals surface area contributed by atoms with Gasteiger partial charge in [-0.3, -0.25) is 4.79 Å². The molecule has 0 spiro atoms. The first-order chi connectivity index (χ1) is 9.58. The average molecular weight is 277 g/mol. The lowest BCUT2D eigenvalue weighted by atomic mass is 10.0. The van der Waals surface area contributed by atoms with E-state index in [2.05, 4.69) is 5.32 Å². The predicted molar refractivity (Wildman–Crippen MR) is 75.0 cm³/mol. The molecule has 2 N–H and O–H groups in total. The van der Waals surface area contributed by atoms with Crippen molar-refractivity contribution in [1.29, 1.82) is 0 Å². The molecule has 1 aromatic carbocycles. The Morgan fingerprint density at radius 1 is 1.40 bits per heavy atom. The van der Waals surface area contributed by atoms with Crippen LogP contribution in [0.5, 0.6) is 0 Å². The van der Waals surface area contributed by atoms with E-state index in [9.17, 15) is 9.59 Å². The minimum Gasteiger partial charge on any atom is -0.478 e. The number of rotatable bonds is 4. The van der Waals surface area contributed by atoms with Gasteiger partial charge in [0.05, 0.1) is 23.8 Å². The van der Waals surface area contributed by atoms with Crippen molar-refractivity contribution in [3.8, 4) is 0 Å². The molecule has 1 saturated heterocycles. The van der Waals surface area contributed by atoms with Crippen LogP contribution in [0.1, 0.15) is 41.6 Å². The van der Waals surface area contributed by atoms with E-state index in [0.717, 1.165) is 24.8 Å². The van der Waals surface area contributed by atoms with Gasteiger partial charge in [-0.2, -0.15) is 0 Å². The highest BCUT2D eigenvalue weighted by molar-refractivity contribution is 6.01. The highest BCUT2D eigenvalue weighted by Crippen LogP contribution is 2.22. The van der Waals surface area contributed by atoms with Crippen LogP contribution in [0.3, 0.4) is 0 Å². The van der Waals surface area contributed by atoms with E-state index >= 15 is 0 Å². The maximum absolute atomic E-state index is 12.0. The maximum atomic E-state index is 12.0. The smallest absolute Gasteiger partial charge is 0.337 e. The zero-order valence-corrected chi connectivity index (χ0v) is 11.5. The van der Waals surface area contributed by atoms with E-state index in [1.54, 1.807) is 19.1 Å². The molecule has 20 heavy (non-hydrogen) atoms. The number of anilines is 1. The summed E-state index contributed by atoms with van der Waals surface area (Å²) in [7, 11) is 0. The van der Waals surface area contributed by atoms with Crippen molar-refractivity contribution in [1.82, 2.24) is 0 Å². The lowest BCUT2D eigenvalue weighted by molar-refractivity contribution is -0.119. The highest BCUT2D eigenvalue weighted by Gasteiger charge is 2.20. The number of ether oxygens (including phenoxy) is 1. The fraction of sp³-hybridized carbons (Fsp3) is 0.467. The topological polar surface area (TPSA) is 75.6 Å². The normalized spacial score (nSPS) is 18.6. The molecule has 1 aliphatic rings. The SMILES string of the molecule is Cc1cccc(C(=O)O)c1NC(=O)CC1CCCCO1. The molecule has 0 bridgehead atoms. The lowest BCUT2D eigenvalue weighted by Crippen LogP contribution is -2.26. The second kappa shape index (κ2) is 6.52. The molecule has 1 aliphatic heterocycles. The van der Waals surface area contributed by atoms with Gasteiger partial charge in [0.2, 0.25) is 5.91 Å². The fourth-order valence-corrected chi connectivity index (χ4v) is 2.38. The first kappa shape index (κ1) is 14.5. The Hall–Kier alpha value is -1.88. The number of aromatic carboxylic acids is 1. The zero-order valence-electron chi connectivity index (χ0n) is 11.5. The molecule has 108 valence electrons. The van der Waals surface area contributed by atoms with Crippen molar-refractivity contribution < 1.29 is 19.4 Å². The van der Waals surface area contributed by atoms with Gasteiger partial charge in [0, 0.05) is 6.61 Å². The van der Waals surface area contributed by atoms with Crippen molar-refractivity contribution in [3.05, 3.63) is 29.3 Å². The lowest BCUT2D eigenvalue weighted by Gasteiger charge is -2.22. The van der Waals surface area contributed by atoms with Crippen molar-refractivity contribution >= 4 is 17.6 Å². The standard InChI is InChI=1S/C15H19NO4/c1-10-5-4-7-12(15(18)19)14(10)16-13(17)9-11-6-2-3-8-20-11/h4-5,7,11H,2-3,6,8-9H2,1H3,(H,16,17)(H,18,19). The second-order valence-corrected chi connectivity index (χ2v) is 5.04. The molecule has 5 heteroatoms. The molecule has 1 unspecified atom stereocenters. The van der Waals surface area contributed by atoms with Gasteiger partial charge in [0.25, 0.3) is 0 Å². The van der Waals surface area contributed by atoms with E-state index in [4.69, 9.17) is 9.84 Å². The number of nitrogens with one attached hydrogen (secondary N) is 1. The summed E-state index contributed by atoms with van der Waals surface area (Å²) in [5, 5.41) is 11.9. The van der Waals surface area contributed by atoms with Crippen LogP contribution in [0, 0.1) is 6.92 Å². The first-order valence-corrected chi connectivity index (χ1v) is 6.82. The molecule has 0 aromatic heterocycles. The highest BCUT2D eigenvalue weighted by atomic mass is 16.5. The number of carboxylic acid groups (broad SMARTS) is 1. The van der Waals surface area contributed by atoms with Gasteiger partial charge in [-0.05, 0) is 37.8 Å². The molecular weight excluding hydrogens is 258 g/mol. The van der Waals surface area contributed by atoms with Gasteiger partial charge in [0.15, 0.2) is 0 Å². The third-order valence-electron chi connectivity index (χ3n) is 3.45. The van der Waals surface area contributed by atoms with Gasteiger partial charge < -0.3 is 15.2 Å².